The molecular weight excluding hydrogens is 174 g/mol. The molecule has 0 atom stereocenters. The van der Waals surface area contributed by atoms with Gasteiger partial charge in [0.05, 0.1) is 18.4 Å². The fourth-order valence-corrected chi connectivity index (χ4v) is 1.51. The normalized spacial score (nSPS) is 10.4. The zero-order chi connectivity index (χ0) is 9.97. The van der Waals surface area contributed by atoms with Crippen molar-refractivity contribution in [2.75, 3.05) is 0 Å². The molecule has 2 aromatic rings. The lowest BCUT2D eigenvalue weighted by molar-refractivity contribution is 0.799. The van der Waals surface area contributed by atoms with E-state index in [0.717, 1.165) is 11.5 Å². The predicted molar refractivity (Wildman–Crippen MR) is 56.5 cm³/mol. The minimum absolute atomic E-state index is 0.476. The minimum atomic E-state index is 0.476. The molecule has 0 aliphatic carbocycles. The smallest absolute Gasteiger partial charge is 0.122 e. The van der Waals surface area contributed by atoms with Crippen LogP contribution in [0.4, 0.5) is 0 Å². The average Bonchev–Trinajstić information content (AvgIpc) is 2.61. The van der Waals surface area contributed by atoms with Crippen LogP contribution < -0.4 is 5.73 Å². The first-order valence-electron chi connectivity index (χ1n) is 4.59. The van der Waals surface area contributed by atoms with Gasteiger partial charge in [0.15, 0.2) is 0 Å². The second kappa shape index (κ2) is 3.64. The maximum atomic E-state index is 5.56. The summed E-state index contributed by atoms with van der Waals surface area (Å²) in [4.78, 5) is 4.25. The van der Waals surface area contributed by atoms with Gasteiger partial charge in [-0.05, 0) is 5.56 Å². The van der Waals surface area contributed by atoms with E-state index in [0.29, 0.717) is 6.54 Å². The number of rotatable bonds is 2. The number of hydrogen-bond donors (Lipinski definition) is 1. The van der Waals surface area contributed by atoms with E-state index in [2.05, 4.69) is 17.1 Å². The molecule has 0 saturated heterocycles. The quantitative estimate of drug-likeness (QED) is 0.775. The van der Waals surface area contributed by atoms with Crippen molar-refractivity contribution in [3.8, 4) is 11.3 Å². The van der Waals surface area contributed by atoms with E-state index in [-0.39, 0.29) is 0 Å². The molecular formula is C11H13N3. The maximum Gasteiger partial charge on any atom is 0.122 e. The van der Waals surface area contributed by atoms with Crippen molar-refractivity contribution in [1.82, 2.24) is 9.55 Å². The zero-order valence-corrected chi connectivity index (χ0v) is 8.14. The number of aromatic nitrogens is 2. The Morgan fingerprint density at radius 2 is 2.00 bits per heavy atom. The summed E-state index contributed by atoms with van der Waals surface area (Å²) in [6.45, 7) is 0.476. The van der Waals surface area contributed by atoms with Gasteiger partial charge in [-0.1, -0.05) is 30.3 Å². The highest BCUT2D eigenvalue weighted by Crippen LogP contribution is 2.18. The summed E-state index contributed by atoms with van der Waals surface area (Å²) in [7, 11) is 1.98. The Balaban J connectivity index is 2.48. The van der Waals surface area contributed by atoms with E-state index >= 15 is 0 Å². The number of imidazole rings is 1. The van der Waals surface area contributed by atoms with Gasteiger partial charge in [0.25, 0.3) is 0 Å². The highest BCUT2D eigenvalue weighted by Gasteiger charge is 2.05. The highest BCUT2D eigenvalue weighted by molar-refractivity contribution is 5.58. The van der Waals surface area contributed by atoms with Gasteiger partial charge in [-0.2, -0.15) is 0 Å². The van der Waals surface area contributed by atoms with E-state index in [1.807, 2.05) is 36.0 Å². The third-order valence-electron chi connectivity index (χ3n) is 2.34. The molecule has 0 radical (unpaired) electrons. The molecule has 0 aliphatic heterocycles. The fraction of sp³-hybridized carbons (Fsp3) is 0.182. The molecule has 0 spiro atoms. The number of benzene rings is 1. The van der Waals surface area contributed by atoms with Crippen LogP contribution in [-0.4, -0.2) is 9.55 Å². The van der Waals surface area contributed by atoms with E-state index in [1.54, 1.807) is 0 Å². The topological polar surface area (TPSA) is 43.8 Å². The van der Waals surface area contributed by atoms with Crippen LogP contribution in [-0.2, 0) is 13.6 Å². The second-order valence-electron chi connectivity index (χ2n) is 3.19. The van der Waals surface area contributed by atoms with E-state index < -0.39 is 0 Å². The molecule has 3 heteroatoms. The molecule has 3 nitrogen and oxygen atoms in total. The van der Waals surface area contributed by atoms with Crippen LogP contribution in [0.15, 0.2) is 36.5 Å². The molecule has 0 fully saturated rings. The van der Waals surface area contributed by atoms with Gasteiger partial charge in [-0.3, -0.25) is 0 Å². The van der Waals surface area contributed by atoms with Crippen molar-refractivity contribution in [3.05, 3.63) is 42.4 Å². The van der Waals surface area contributed by atoms with Crippen LogP contribution in [0.25, 0.3) is 11.3 Å². The molecule has 72 valence electrons. The standard InChI is InChI=1S/C11H13N3/c1-14-10(8-13-11(14)7-12)9-5-3-2-4-6-9/h2-6,8H,7,12H2,1H3. The Bertz CT molecular complexity index is 417. The Morgan fingerprint density at radius 3 is 2.57 bits per heavy atom. The predicted octanol–water partition coefficient (Wildman–Crippen LogP) is 1.55. The molecule has 2 N–H and O–H groups in total. The van der Waals surface area contributed by atoms with Crippen LogP contribution in [0.2, 0.25) is 0 Å². The molecule has 0 amide bonds. The van der Waals surface area contributed by atoms with Crippen molar-refractivity contribution in [2.24, 2.45) is 12.8 Å². The Morgan fingerprint density at radius 1 is 1.29 bits per heavy atom. The molecule has 2 rings (SSSR count). The first kappa shape index (κ1) is 8.97. The lowest BCUT2D eigenvalue weighted by Crippen LogP contribution is -2.05. The highest BCUT2D eigenvalue weighted by atomic mass is 15.1. The van der Waals surface area contributed by atoms with Crippen LogP contribution in [0.3, 0.4) is 0 Å². The largest absolute Gasteiger partial charge is 0.330 e. The van der Waals surface area contributed by atoms with Gasteiger partial charge in [-0.25, -0.2) is 4.98 Å². The third kappa shape index (κ3) is 1.42. The van der Waals surface area contributed by atoms with Gasteiger partial charge < -0.3 is 10.3 Å². The van der Waals surface area contributed by atoms with Crippen LogP contribution >= 0.6 is 0 Å². The van der Waals surface area contributed by atoms with E-state index in [1.165, 1.54) is 5.56 Å². The van der Waals surface area contributed by atoms with Gasteiger partial charge in [0.1, 0.15) is 5.82 Å². The molecule has 0 aliphatic rings. The molecule has 1 aromatic carbocycles. The van der Waals surface area contributed by atoms with Crippen LogP contribution in [0.5, 0.6) is 0 Å². The number of hydrogen-bond acceptors (Lipinski definition) is 2. The summed E-state index contributed by atoms with van der Waals surface area (Å²) >= 11 is 0. The van der Waals surface area contributed by atoms with Crippen molar-refractivity contribution in [2.45, 2.75) is 6.54 Å². The summed E-state index contributed by atoms with van der Waals surface area (Å²) in [5.41, 5.74) is 7.83. The van der Waals surface area contributed by atoms with Crippen molar-refractivity contribution >= 4 is 0 Å². The molecule has 0 bridgehead atoms. The average molecular weight is 187 g/mol. The maximum absolute atomic E-state index is 5.56. The third-order valence-corrected chi connectivity index (χ3v) is 2.34. The Hall–Kier alpha value is -1.61. The van der Waals surface area contributed by atoms with Crippen molar-refractivity contribution in [1.29, 1.82) is 0 Å². The van der Waals surface area contributed by atoms with Crippen molar-refractivity contribution < 1.29 is 0 Å². The van der Waals surface area contributed by atoms with Crippen LogP contribution in [0, 0.1) is 0 Å². The Labute approximate surface area is 83.2 Å². The fourth-order valence-electron chi connectivity index (χ4n) is 1.51. The molecule has 14 heavy (non-hydrogen) atoms. The van der Waals surface area contributed by atoms with Gasteiger partial charge in [0.2, 0.25) is 0 Å². The minimum Gasteiger partial charge on any atom is -0.330 e. The number of nitrogens with zero attached hydrogens (tertiary/aromatic N) is 2. The van der Waals surface area contributed by atoms with Gasteiger partial charge >= 0.3 is 0 Å². The molecule has 0 unspecified atom stereocenters. The first-order chi connectivity index (χ1) is 6.83. The monoisotopic (exact) mass is 187 g/mol. The molecule has 1 aromatic heterocycles. The van der Waals surface area contributed by atoms with Gasteiger partial charge in [-0.15, -0.1) is 0 Å². The lowest BCUT2D eigenvalue weighted by Gasteiger charge is -2.03. The second-order valence-corrected chi connectivity index (χ2v) is 3.19. The van der Waals surface area contributed by atoms with E-state index in [9.17, 15) is 0 Å². The Kier molecular flexibility index (Phi) is 2.33. The lowest BCUT2D eigenvalue weighted by atomic mass is 10.2. The molecule has 1 heterocycles. The SMILES string of the molecule is Cn1c(-c2ccccc2)cnc1CN. The summed E-state index contributed by atoms with van der Waals surface area (Å²) < 4.78 is 2.02. The summed E-state index contributed by atoms with van der Waals surface area (Å²) in [6.07, 6.45) is 1.86. The van der Waals surface area contributed by atoms with Gasteiger partial charge in [0, 0.05) is 7.05 Å². The summed E-state index contributed by atoms with van der Waals surface area (Å²) in [5.74, 6) is 0.906. The molecule has 0 saturated carbocycles. The summed E-state index contributed by atoms with van der Waals surface area (Å²) in [5, 5.41) is 0. The zero-order valence-electron chi connectivity index (χ0n) is 8.14. The summed E-state index contributed by atoms with van der Waals surface area (Å²) in [6, 6.07) is 10.2. The first-order valence-corrected chi connectivity index (χ1v) is 4.59. The van der Waals surface area contributed by atoms with E-state index in [4.69, 9.17) is 5.73 Å². The van der Waals surface area contributed by atoms with Crippen LogP contribution in [0.1, 0.15) is 5.82 Å². The number of nitrogens with two attached hydrogens (primary N) is 1. The van der Waals surface area contributed by atoms with Crippen molar-refractivity contribution in [3.63, 3.8) is 0 Å².